The van der Waals surface area contributed by atoms with Gasteiger partial charge >= 0.3 is 6.09 Å². The van der Waals surface area contributed by atoms with Crippen LogP contribution in [0.5, 0.6) is 0 Å². The van der Waals surface area contributed by atoms with Gasteiger partial charge in [-0.1, -0.05) is 0 Å². The molecule has 0 aromatic heterocycles. The Labute approximate surface area is 134 Å². The molecule has 0 atom stereocenters. The van der Waals surface area contributed by atoms with Crippen LogP contribution in [0.2, 0.25) is 0 Å². The van der Waals surface area contributed by atoms with Crippen molar-refractivity contribution in [2.75, 3.05) is 39.8 Å². The minimum Gasteiger partial charge on any atom is -0.444 e. The predicted molar refractivity (Wildman–Crippen MR) is 86.8 cm³/mol. The molecule has 1 heterocycles. The molecule has 6 heteroatoms. The fourth-order valence-electron chi connectivity index (χ4n) is 2.18. The Balaban J connectivity index is 2.73. The molecule has 0 spiro atoms. The van der Waals surface area contributed by atoms with Crippen LogP contribution in [0.25, 0.3) is 0 Å². The Morgan fingerprint density at radius 2 is 1.50 bits per heavy atom. The molecule has 0 aromatic carbocycles. The summed E-state index contributed by atoms with van der Waals surface area (Å²) in [5.41, 5.74) is -1.04. The van der Waals surface area contributed by atoms with Crippen molar-refractivity contribution < 1.29 is 14.3 Å². The van der Waals surface area contributed by atoms with Gasteiger partial charge in [-0.3, -0.25) is 9.69 Å². The first-order valence-corrected chi connectivity index (χ1v) is 7.87. The molecule has 0 radical (unpaired) electrons. The van der Waals surface area contributed by atoms with Crippen molar-refractivity contribution >= 4 is 12.0 Å². The van der Waals surface area contributed by atoms with E-state index in [0.29, 0.717) is 13.1 Å². The normalized spacial score (nSPS) is 17.3. The predicted octanol–water partition coefficient (Wildman–Crippen LogP) is 1.80. The van der Waals surface area contributed by atoms with Gasteiger partial charge in [-0.05, 0) is 48.6 Å². The smallest absolute Gasteiger partial charge is 0.411 e. The van der Waals surface area contributed by atoms with E-state index in [-0.39, 0.29) is 12.5 Å². The van der Waals surface area contributed by atoms with Crippen molar-refractivity contribution in [1.82, 2.24) is 14.7 Å². The van der Waals surface area contributed by atoms with Gasteiger partial charge in [-0.15, -0.1) is 0 Å². The maximum absolute atomic E-state index is 12.5. The summed E-state index contributed by atoms with van der Waals surface area (Å²) < 4.78 is 5.44. The van der Waals surface area contributed by atoms with Crippen LogP contribution in [0.4, 0.5) is 4.79 Å². The topological polar surface area (TPSA) is 53.1 Å². The summed E-state index contributed by atoms with van der Waals surface area (Å²) in [4.78, 5) is 30.4. The highest BCUT2D eigenvalue weighted by Gasteiger charge is 2.33. The van der Waals surface area contributed by atoms with Gasteiger partial charge < -0.3 is 14.5 Å². The highest BCUT2D eigenvalue weighted by atomic mass is 16.6. The molecule has 6 nitrogen and oxygen atoms in total. The number of amides is 2. The lowest BCUT2D eigenvalue weighted by molar-refractivity contribution is -0.135. The van der Waals surface area contributed by atoms with Gasteiger partial charge in [-0.2, -0.15) is 0 Å². The number of piperazine rings is 1. The van der Waals surface area contributed by atoms with Crippen molar-refractivity contribution in [2.45, 2.75) is 52.7 Å². The van der Waals surface area contributed by atoms with Crippen LogP contribution in [0.3, 0.4) is 0 Å². The van der Waals surface area contributed by atoms with Crippen LogP contribution in [-0.4, -0.2) is 77.6 Å². The monoisotopic (exact) mass is 313 g/mol. The highest BCUT2D eigenvalue weighted by Crippen LogP contribution is 2.19. The van der Waals surface area contributed by atoms with Crippen molar-refractivity contribution in [1.29, 1.82) is 0 Å². The second-order valence-electron chi connectivity index (χ2n) is 7.92. The van der Waals surface area contributed by atoms with Gasteiger partial charge in [0, 0.05) is 31.7 Å². The van der Waals surface area contributed by atoms with E-state index >= 15 is 0 Å². The first-order valence-electron chi connectivity index (χ1n) is 7.87. The zero-order chi connectivity index (χ0) is 17.1. The molecule has 0 unspecified atom stereocenters. The van der Waals surface area contributed by atoms with E-state index in [1.54, 1.807) is 0 Å². The summed E-state index contributed by atoms with van der Waals surface area (Å²) in [6.07, 6.45) is -0.442. The molecule has 1 aliphatic rings. The zero-order valence-corrected chi connectivity index (χ0v) is 15.1. The lowest BCUT2D eigenvalue weighted by Gasteiger charge is -2.39. The SMILES string of the molecule is CN1CCN(C(=O)CN(C(=O)OC(C)(C)C)C(C)(C)C)CC1. The molecule has 0 saturated carbocycles. The summed E-state index contributed by atoms with van der Waals surface area (Å²) in [7, 11) is 2.05. The van der Waals surface area contributed by atoms with Crippen LogP contribution >= 0.6 is 0 Å². The van der Waals surface area contributed by atoms with Crippen LogP contribution in [0, 0.1) is 0 Å². The summed E-state index contributed by atoms with van der Waals surface area (Å²) in [6, 6.07) is 0. The maximum atomic E-state index is 12.5. The third-order valence-electron chi connectivity index (χ3n) is 3.57. The number of nitrogens with zero attached hydrogens (tertiary/aromatic N) is 3. The maximum Gasteiger partial charge on any atom is 0.411 e. The molecule has 0 N–H and O–H groups in total. The lowest BCUT2D eigenvalue weighted by Crippen LogP contribution is -2.55. The number of carbonyl (C=O) groups excluding carboxylic acids is 2. The number of hydrogen-bond acceptors (Lipinski definition) is 4. The van der Waals surface area contributed by atoms with Gasteiger partial charge in [0.2, 0.25) is 5.91 Å². The number of ether oxygens (including phenoxy) is 1. The molecular weight excluding hydrogens is 282 g/mol. The van der Waals surface area contributed by atoms with Gasteiger partial charge in [-0.25, -0.2) is 4.79 Å². The number of hydrogen-bond donors (Lipinski definition) is 0. The molecule has 128 valence electrons. The van der Waals surface area contributed by atoms with Crippen LogP contribution in [0.15, 0.2) is 0 Å². The van der Waals surface area contributed by atoms with E-state index in [2.05, 4.69) is 4.90 Å². The van der Waals surface area contributed by atoms with Gasteiger partial charge in [0.1, 0.15) is 12.1 Å². The Morgan fingerprint density at radius 3 is 1.91 bits per heavy atom. The van der Waals surface area contributed by atoms with Crippen LogP contribution in [0.1, 0.15) is 41.5 Å². The molecule has 22 heavy (non-hydrogen) atoms. The van der Waals surface area contributed by atoms with Gasteiger partial charge in [0.25, 0.3) is 0 Å². The Morgan fingerprint density at radius 1 is 1.00 bits per heavy atom. The third kappa shape index (κ3) is 5.83. The van der Waals surface area contributed by atoms with Crippen LogP contribution < -0.4 is 0 Å². The van der Waals surface area contributed by atoms with E-state index in [1.165, 1.54) is 4.90 Å². The molecule has 0 aliphatic carbocycles. The Hall–Kier alpha value is -1.30. The minimum atomic E-state index is -0.572. The lowest BCUT2D eigenvalue weighted by atomic mass is 10.1. The molecule has 1 fully saturated rings. The summed E-state index contributed by atoms with van der Waals surface area (Å²) in [5.74, 6) is -0.0196. The van der Waals surface area contributed by atoms with Crippen LogP contribution in [-0.2, 0) is 9.53 Å². The van der Waals surface area contributed by atoms with E-state index in [4.69, 9.17) is 4.74 Å². The van der Waals surface area contributed by atoms with Gasteiger partial charge in [0.05, 0.1) is 0 Å². The van der Waals surface area contributed by atoms with Crippen molar-refractivity contribution in [2.24, 2.45) is 0 Å². The van der Waals surface area contributed by atoms with Crippen molar-refractivity contribution in [3.05, 3.63) is 0 Å². The van der Waals surface area contributed by atoms with Crippen molar-refractivity contribution in [3.63, 3.8) is 0 Å². The largest absolute Gasteiger partial charge is 0.444 e. The summed E-state index contributed by atoms with van der Waals surface area (Å²) in [6.45, 7) is 14.4. The van der Waals surface area contributed by atoms with E-state index in [1.807, 2.05) is 53.5 Å². The number of likely N-dealkylation sites (N-methyl/N-ethyl adjacent to an activating group) is 1. The molecule has 1 aliphatic heterocycles. The van der Waals surface area contributed by atoms with E-state index in [9.17, 15) is 9.59 Å². The fraction of sp³-hybridized carbons (Fsp3) is 0.875. The molecular formula is C16H31N3O3. The third-order valence-corrected chi connectivity index (χ3v) is 3.57. The molecule has 2 amide bonds. The molecule has 1 saturated heterocycles. The first-order chi connectivity index (χ1) is 9.90. The average Bonchev–Trinajstić information content (AvgIpc) is 2.32. The summed E-state index contributed by atoms with van der Waals surface area (Å²) in [5, 5.41) is 0. The Kier molecular flexibility index (Phi) is 5.84. The molecule has 0 bridgehead atoms. The highest BCUT2D eigenvalue weighted by molar-refractivity contribution is 5.83. The van der Waals surface area contributed by atoms with E-state index in [0.717, 1.165) is 13.1 Å². The molecule has 0 aromatic rings. The number of rotatable bonds is 2. The number of carbonyl (C=O) groups is 2. The first kappa shape index (κ1) is 18.7. The fourth-order valence-corrected chi connectivity index (χ4v) is 2.18. The van der Waals surface area contributed by atoms with Gasteiger partial charge in [0.15, 0.2) is 0 Å². The second-order valence-corrected chi connectivity index (χ2v) is 7.92. The van der Waals surface area contributed by atoms with Crippen molar-refractivity contribution in [3.8, 4) is 0 Å². The Bertz CT molecular complexity index is 402. The second kappa shape index (κ2) is 6.86. The summed E-state index contributed by atoms with van der Waals surface area (Å²) >= 11 is 0. The average molecular weight is 313 g/mol. The standard InChI is InChI=1S/C16H31N3O3/c1-15(2,3)19(14(21)22-16(4,5)6)12-13(20)18-10-8-17(7)9-11-18/h8-12H2,1-7H3. The zero-order valence-electron chi connectivity index (χ0n) is 15.1. The minimum absolute atomic E-state index is 0.0196. The quantitative estimate of drug-likeness (QED) is 0.780. The molecule has 1 rings (SSSR count). The van der Waals surface area contributed by atoms with E-state index < -0.39 is 17.2 Å².